The van der Waals surface area contributed by atoms with Crippen LogP contribution in [-0.4, -0.2) is 47.2 Å². The highest BCUT2D eigenvalue weighted by Gasteiger charge is 2.14. The minimum Gasteiger partial charge on any atom is -0.455 e. The van der Waals surface area contributed by atoms with Gasteiger partial charge in [-0.1, -0.05) is 72.8 Å². The number of likely N-dealkylation sites (tertiary alicyclic amines) is 1. The molecule has 7 heteroatoms. The summed E-state index contributed by atoms with van der Waals surface area (Å²) >= 11 is 1.53. The van der Waals surface area contributed by atoms with E-state index in [0.717, 1.165) is 41.7 Å². The van der Waals surface area contributed by atoms with Gasteiger partial charge in [0.25, 0.3) is 5.91 Å². The summed E-state index contributed by atoms with van der Waals surface area (Å²) in [7, 11) is 0. The summed E-state index contributed by atoms with van der Waals surface area (Å²) < 4.78 is 5.76. The minimum atomic E-state index is -0.161. The van der Waals surface area contributed by atoms with Crippen molar-refractivity contribution < 1.29 is 9.21 Å². The zero-order valence-electron chi connectivity index (χ0n) is 20.2. The average Bonchev–Trinajstić information content (AvgIpc) is 3.43. The lowest BCUT2D eigenvalue weighted by atomic mass is 10.0. The van der Waals surface area contributed by atoms with Crippen LogP contribution in [0.2, 0.25) is 0 Å². The summed E-state index contributed by atoms with van der Waals surface area (Å²) in [4.78, 5) is 14.8. The SMILES string of the molecule is O=C(NCCN1CCCCC1)c1ccc(CSc2ccc(-c3ccc(-c4ccccc4)cc3)nn2)o1. The van der Waals surface area contributed by atoms with Crippen molar-refractivity contribution in [2.75, 3.05) is 26.2 Å². The fraction of sp³-hybridized carbons (Fsp3) is 0.276. The van der Waals surface area contributed by atoms with Gasteiger partial charge in [0.05, 0.1) is 11.4 Å². The van der Waals surface area contributed by atoms with Crippen molar-refractivity contribution in [1.82, 2.24) is 20.4 Å². The molecule has 1 saturated heterocycles. The number of piperidine rings is 1. The van der Waals surface area contributed by atoms with E-state index in [4.69, 9.17) is 4.42 Å². The van der Waals surface area contributed by atoms with Gasteiger partial charge in [0.1, 0.15) is 10.8 Å². The number of carbonyl (C=O) groups is 1. The molecule has 0 saturated carbocycles. The molecular weight excluding hydrogens is 468 g/mol. The Morgan fingerprint density at radius 1 is 0.833 bits per heavy atom. The molecule has 2 aromatic heterocycles. The van der Waals surface area contributed by atoms with E-state index in [1.807, 2.05) is 36.4 Å². The monoisotopic (exact) mass is 498 g/mol. The highest BCUT2D eigenvalue weighted by atomic mass is 32.2. The maximum Gasteiger partial charge on any atom is 0.287 e. The molecule has 184 valence electrons. The molecule has 0 radical (unpaired) electrons. The third-order valence-corrected chi connectivity index (χ3v) is 7.28. The van der Waals surface area contributed by atoms with Gasteiger partial charge in [-0.25, -0.2) is 0 Å². The Balaban J connectivity index is 1.10. The molecule has 3 heterocycles. The number of furan rings is 1. The second-order valence-corrected chi connectivity index (χ2v) is 9.91. The number of thioether (sulfide) groups is 1. The zero-order chi connectivity index (χ0) is 24.6. The number of rotatable bonds is 9. The van der Waals surface area contributed by atoms with Crippen LogP contribution in [0, 0.1) is 0 Å². The number of amides is 1. The average molecular weight is 499 g/mol. The molecule has 0 bridgehead atoms. The van der Waals surface area contributed by atoms with Crippen molar-refractivity contribution >= 4 is 17.7 Å². The largest absolute Gasteiger partial charge is 0.455 e. The molecule has 1 aliphatic rings. The molecule has 1 N–H and O–H groups in total. The lowest BCUT2D eigenvalue weighted by Crippen LogP contribution is -2.37. The summed E-state index contributed by atoms with van der Waals surface area (Å²) in [6, 6.07) is 26.2. The summed E-state index contributed by atoms with van der Waals surface area (Å²) in [5.74, 6) is 1.51. The van der Waals surface area contributed by atoms with E-state index < -0.39 is 0 Å². The van der Waals surface area contributed by atoms with Crippen LogP contribution in [0.3, 0.4) is 0 Å². The van der Waals surface area contributed by atoms with E-state index in [9.17, 15) is 4.79 Å². The molecule has 1 amide bonds. The van der Waals surface area contributed by atoms with Gasteiger partial charge in [0.2, 0.25) is 0 Å². The molecule has 36 heavy (non-hydrogen) atoms. The van der Waals surface area contributed by atoms with Gasteiger partial charge in [-0.15, -0.1) is 10.2 Å². The standard InChI is InChI=1S/C29H30N4O2S/c34-29(30-17-20-33-18-5-2-6-19-33)27-15-13-25(35-27)21-36-28-16-14-26(31-32-28)24-11-9-23(10-12-24)22-7-3-1-4-8-22/h1,3-4,7-16H,2,5-6,17-21H2,(H,30,34). The highest BCUT2D eigenvalue weighted by Crippen LogP contribution is 2.26. The van der Waals surface area contributed by atoms with E-state index in [1.165, 1.54) is 42.2 Å². The fourth-order valence-electron chi connectivity index (χ4n) is 4.34. The lowest BCUT2D eigenvalue weighted by Gasteiger charge is -2.26. The Morgan fingerprint density at radius 2 is 1.58 bits per heavy atom. The van der Waals surface area contributed by atoms with Gasteiger partial charge >= 0.3 is 0 Å². The third-order valence-electron chi connectivity index (χ3n) is 6.34. The van der Waals surface area contributed by atoms with Crippen LogP contribution in [0.15, 0.2) is 88.3 Å². The number of hydrogen-bond donors (Lipinski definition) is 1. The van der Waals surface area contributed by atoms with Crippen LogP contribution in [0.25, 0.3) is 22.4 Å². The van der Waals surface area contributed by atoms with E-state index in [0.29, 0.717) is 18.1 Å². The quantitative estimate of drug-likeness (QED) is 0.289. The predicted octanol–water partition coefficient (Wildman–Crippen LogP) is 5.91. The summed E-state index contributed by atoms with van der Waals surface area (Å²) in [6.07, 6.45) is 3.82. The Morgan fingerprint density at radius 3 is 2.33 bits per heavy atom. The third kappa shape index (κ3) is 6.42. The second kappa shape index (κ2) is 12.0. The molecule has 6 nitrogen and oxygen atoms in total. The lowest BCUT2D eigenvalue weighted by molar-refractivity contribution is 0.0917. The van der Waals surface area contributed by atoms with E-state index in [2.05, 4.69) is 56.8 Å². The van der Waals surface area contributed by atoms with Crippen molar-refractivity contribution in [3.05, 3.63) is 90.4 Å². The molecular formula is C29H30N4O2S. The molecule has 0 spiro atoms. The predicted molar refractivity (Wildman–Crippen MR) is 144 cm³/mol. The normalized spacial score (nSPS) is 14.0. The zero-order valence-corrected chi connectivity index (χ0v) is 21.0. The summed E-state index contributed by atoms with van der Waals surface area (Å²) in [5.41, 5.74) is 4.23. The first-order valence-electron chi connectivity index (χ1n) is 12.5. The Hall–Kier alpha value is -3.42. The van der Waals surface area contributed by atoms with Gasteiger partial charge in [0.15, 0.2) is 5.76 Å². The summed E-state index contributed by atoms with van der Waals surface area (Å²) in [6.45, 7) is 3.78. The highest BCUT2D eigenvalue weighted by molar-refractivity contribution is 7.98. The van der Waals surface area contributed by atoms with Crippen molar-refractivity contribution in [3.63, 3.8) is 0 Å². The minimum absolute atomic E-state index is 0.161. The fourth-order valence-corrected chi connectivity index (χ4v) is 5.04. The first kappa shape index (κ1) is 24.3. The Labute approximate surface area is 216 Å². The maximum absolute atomic E-state index is 12.4. The van der Waals surface area contributed by atoms with Crippen molar-refractivity contribution in [1.29, 1.82) is 0 Å². The van der Waals surface area contributed by atoms with E-state index in [-0.39, 0.29) is 5.91 Å². The molecule has 5 rings (SSSR count). The molecule has 4 aromatic rings. The first-order valence-corrected chi connectivity index (χ1v) is 13.4. The van der Waals surface area contributed by atoms with E-state index in [1.54, 1.807) is 6.07 Å². The Kier molecular flexibility index (Phi) is 8.10. The smallest absolute Gasteiger partial charge is 0.287 e. The number of hydrogen-bond acceptors (Lipinski definition) is 6. The molecule has 1 fully saturated rings. The summed E-state index contributed by atoms with van der Waals surface area (Å²) in [5, 5.41) is 12.5. The van der Waals surface area contributed by atoms with Crippen LogP contribution in [0.4, 0.5) is 0 Å². The van der Waals surface area contributed by atoms with Crippen LogP contribution in [0.1, 0.15) is 35.6 Å². The van der Waals surface area contributed by atoms with Crippen LogP contribution < -0.4 is 5.32 Å². The van der Waals surface area contributed by atoms with Gasteiger partial charge < -0.3 is 14.6 Å². The van der Waals surface area contributed by atoms with Gasteiger partial charge in [-0.3, -0.25) is 4.79 Å². The molecule has 0 atom stereocenters. The Bertz CT molecular complexity index is 1250. The second-order valence-electron chi connectivity index (χ2n) is 8.91. The number of benzene rings is 2. The van der Waals surface area contributed by atoms with Gasteiger partial charge in [-0.2, -0.15) is 0 Å². The van der Waals surface area contributed by atoms with Crippen molar-refractivity contribution in [3.8, 4) is 22.4 Å². The number of nitrogens with one attached hydrogen (secondary N) is 1. The van der Waals surface area contributed by atoms with Crippen molar-refractivity contribution in [2.24, 2.45) is 0 Å². The maximum atomic E-state index is 12.4. The number of nitrogens with zero attached hydrogens (tertiary/aromatic N) is 3. The van der Waals surface area contributed by atoms with Crippen LogP contribution in [0.5, 0.6) is 0 Å². The van der Waals surface area contributed by atoms with Gasteiger partial charge in [0, 0.05) is 18.7 Å². The topological polar surface area (TPSA) is 71.3 Å². The van der Waals surface area contributed by atoms with E-state index >= 15 is 0 Å². The molecule has 2 aromatic carbocycles. The van der Waals surface area contributed by atoms with Crippen molar-refractivity contribution in [2.45, 2.75) is 30.0 Å². The number of carbonyl (C=O) groups excluding carboxylic acids is 1. The van der Waals surface area contributed by atoms with Crippen LogP contribution >= 0.6 is 11.8 Å². The van der Waals surface area contributed by atoms with Crippen LogP contribution in [-0.2, 0) is 5.75 Å². The molecule has 0 unspecified atom stereocenters. The van der Waals surface area contributed by atoms with Gasteiger partial charge in [-0.05, 0) is 61.3 Å². The molecule has 0 aliphatic carbocycles. The number of aromatic nitrogens is 2. The first-order chi connectivity index (χ1) is 17.7. The molecule has 1 aliphatic heterocycles.